The Hall–Kier alpha value is -1.38. The van der Waals surface area contributed by atoms with E-state index in [4.69, 9.17) is 4.42 Å². The SMILES string of the molecule is Cc1ccc(F)c2ncoc12. The van der Waals surface area contributed by atoms with E-state index in [0.717, 1.165) is 5.56 Å². The zero-order valence-corrected chi connectivity index (χ0v) is 5.97. The maximum atomic E-state index is 12.9. The van der Waals surface area contributed by atoms with Crippen molar-refractivity contribution in [2.75, 3.05) is 0 Å². The van der Waals surface area contributed by atoms with Crippen molar-refractivity contribution in [1.29, 1.82) is 0 Å². The van der Waals surface area contributed by atoms with Crippen LogP contribution in [-0.2, 0) is 0 Å². The molecule has 0 unspecified atom stereocenters. The van der Waals surface area contributed by atoms with Gasteiger partial charge in [-0.05, 0) is 18.6 Å². The molecule has 1 aromatic heterocycles. The van der Waals surface area contributed by atoms with Crippen LogP contribution in [-0.4, -0.2) is 4.98 Å². The number of benzene rings is 1. The lowest BCUT2D eigenvalue weighted by atomic mass is 10.2. The van der Waals surface area contributed by atoms with Crippen LogP contribution in [0.15, 0.2) is 22.9 Å². The lowest BCUT2D eigenvalue weighted by Crippen LogP contribution is -1.79. The van der Waals surface area contributed by atoms with Gasteiger partial charge in [0.15, 0.2) is 17.8 Å². The van der Waals surface area contributed by atoms with Crippen molar-refractivity contribution < 1.29 is 8.81 Å². The summed E-state index contributed by atoms with van der Waals surface area (Å²) < 4.78 is 17.9. The fourth-order valence-electron chi connectivity index (χ4n) is 1.05. The summed E-state index contributed by atoms with van der Waals surface area (Å²) >= 11 is 0. The van der Waals surface area contributed by atoms with E-state index in [1.54, 1.807) is 6.07 Å². The summed E-state index contributed by atoms with van der Waals surface area (Å²) in [6.45, 7) is 1.85. The average Bonchev–Trinajstić information content (AvgIpc) is 2.45. The zero-order chi connectivity index (χ0) is 7.84. The fourth-order valence-corrected chi connectivity index (χ4v) is 1.05. The van der Waals surface area contributed by atoms with Crippen LogP contribution < -0.4 is 0 Å². The molecule has 11 heavy (non-hydrogen) atoms. The monoisotopic (exact) mass is 151 g/mol. The second-order valence-corrected chi connectivity index (χ2v) is 2.39. The number of rotatable bonds is 0. The summed E-state index contributed by atoms with van der Waals surface area (Å²) in [5, 5.41) is 0. The molecule has 2 aromatic rings. The highest BCUT2D eigenvalue weighted by molar-refractivity contribution is 5.76. The lowest BCUT2D eigenvalue weighted by molar-refractivity contribution is 0.598. The van der Waals surface area contributed by atoms with Crippen LogP contribution in [0.5, 0.6) is 0 Å². The second-order valence-electron chi connectivity index (χ2n) is 2.39. The van der Waals surface area contributed by atoms with E-state index in [9.17, 15) is 4.39 Å². The normalized spacial score (nSPS) is 10.7. The lowest BCUT2D eigenvalue weighted by Gasteiger charge is -1.92. The summed E-state index contributed by atoms with van der Waals surface area (Å²) in [6, 6.07) is 3.06. The molecule has 0 N–H and O–H groups in total. The maximum Gasteiger partial charge on any atom is 0.182 e. The van der Waals surface area contributed by atoms with Crippen molar-refractivity contribution >= 4 is 11.1 Å². The Labute approximate surface area is 62.7 Å². The third-order valence-electron chi connectivity index (χ3n) is 1.63. The van der Waals surface area contributed by atoms with Crippen LogP contribution in [0.4, 0.5) is 4.39 Å². The van der Waals surface area contributed by atoms with Crippen LogP contribution in [0, 0.1) is 12.7 Å². The van der Waals surface area contributed by atoms with E-state index >= 15 is 0 Å². The minimum absolute atomic E-state index is 0.310. The Bertz CT molecular complexity index is 358. The van der Waals surface area contributed by atoms with Gasteiger partial charge in [-0.3, -0.25) is 0 Å². The molecule has 56 valence electrons. The fraction of sp³-hybridized carbons (Fsp3) is 0.125. The highest BCUT2D eigenvalue weighted by Gasteiger charge is 2.05. The highest BCUT2D eigenvalue weighted by atomic mass is 19.1. The van der Waals surface area contributed by atoms with Gasteiger partial charge in [0.25, 0.3) is 0 Å². The van der Waals surface area contributed by atoms with Gasteiger partial charge in [-0.1, -0.05) is 6.07 Å². The summed E-state index contributed by atoms with van der Waals surface area (Å²) in [6.07, 6.45) is 1.25. The van der Waals surface area contributed by atoms with Gasteiger partial charge in [0.2, 0.25) is 0 Å². The Kier molecular flexibility index (Phi) is 1.18. The van der Waals surface area contributed by atoms with Crippen LogP contribution in [0.25, 0.3) is 11.1 Å². The standard InChI is InChI=1S/C8H6FNO/c1-5-2-3-6(9)7-8(5)11-4-10-7/h2-4H,1H3. The molecule has 2 rings (SSSR count). The zero-order valence-electron chi connectivity index (χ0n) is 5.97. The molecule has 1 aromatic carbocycles. The van der Waals surface area contributed by atoms with E-state index in [2.05, 4.69) is 4.98 Å². The number of halogens is 1. The van der Waals surface area contributed by atoms with Crippen molar-refractivity contribution in [3.05, 3.63) is 29.9 Å². The molecular weight excluding hydrogens is 145 g/mol. The van der Waals surface area contributed by atoms with Gasteiger partial charge in [0.1, 0.15) is 5.52 Å². The molecule has 0 aliphatic rings. The number of oxazole rings is 1. The molecule has 0 spiro atoms. The Balaban J connectivity index is 2.96. The first-order valence-electron chi connectivity index (χ1n) is 3.27. The molecule has 0 atom stereocenters. The molecule has 1 heterocycles. The minimum atomic E-state index is -0.334. The number of hydrogen-bond acceptors (Lipinski definition) is 2. The average molecular weight is 151 g/mol. The van der Waals surface area contributed by atoms with E-state index in [1.165, 1.54) is 12.5 Å². The summed E-state index contributed by atoms with van der Waals surface area (Å²) in [7, 11) is 0. The summed E-state index contributed by atoms with van der Waals surface area (Å²) in [4.78, 5) is 3.74. The molecule has 0 fully saturated rings. The predicted octanol–water partition coefficient (Wildman–Crippen LogP) is 2.28. The first kappa shape index (κ1) is 6.34. The number of fused-ring (bicyclic) bond motifs is 1. The summed E-state index contributed by atoms with van der Waals surface area (Å²) in [5.74, 6) is -0.334. The van der Waals surface area contributed by atoms with Crippen molar-refractivity contribution in [3.8, 4) is 0 Å². The third kappa shape index (κ3) is 0.808. The molecule has 0 aliphatic carbocycles. The number of hydrogen-bond donors (Lipinski definition) is 0. The van der Waals surface area contributed by atoms with Gasteiger partial charge in [-0.2, -0.15) is 0 Å². The highest BCUT2D eigenvalue weighted by Crippen LogP contribution is 2.19. The molecule has 0 radical (unpaired) electrons. The first-order valence-corrected chi connectivity index (χ1v) is 3.27. The molecule has 3 heteroatoms. The Morgan fingerprint density at radius 2 is 2.27 bits per heavy atom. The van der Waals surface area contributed by atoms with E-state index in [1.807, 2.05) is 6.92 Å². The molecule has 0 saturated carbocycles. The van der Waals surface area contributed by atoms with E-state index in [0.29, 0.717) is 11.1 Å². The van der Waals surface area contributed by atoms with Gasteiger partial charge < -0.3 is 4.42 Å². The minimum Gasteiger partial charge on any atom is -0.443 e. The summed E-state index contributed by atoms with van der Waals surface area (Å²) in [5.41, 5.74) is 1.74. The largest absolute Gasteiger partial charge is 0.443 e. The van der Waals surface area contributed by atoms with Gasteiger partial charge in [0.05, 0.1) is 0 Å². The smallest absolute Gasteiger partial charge is 0.182 e. The van der Waals surface area contributed by atoms with Crippen LogP contribution in [0.1, 0.15) is 5.56 Å². The second kappa shape index (κ2) is 2.05. The van der Waals surface area contributed by atoms with Crippen molar-refractivity contribution in [3.63, 3.8) is 0 Å². The number of aromatic nitrogens is 1. The number of aryl methyl sites for hydroxylation is 1. The topological polar surface area (TPSA) is 26.0 Å². The molecular formula is C8H6FNO. The number of nitrogens with zero attached hydrogens (tertiary/aromatic N) is 1. The van der Waals surface area contributed by atoms with E-state index < -0.39 is 0 Å². The van der Waals surface area contributed by atoms with Gasteiger partial charge in [0, 0.05) is 0 Å². The van der Waals surface area contributed by atoms with Gasteiger partial charge >= 0.3 is 0 Å². The van der Waals surface area contributed by atoms with Crippen molar-refractivity contribution in [2.24, 2.45) is 0 Å². The Morgan fingerprint density at radius 3 is 3.00 bits per heavy atom. The molecule has 0 saturated heterocycles. The molecule has 2 nitrogen and oxygen atoms in total. The molecule has 0 aliphatic heterocycles. The van der Waals surface area contributed by atoms with E-state index in [-0.39, 0.29) is 5.82 Å². The molecule has 0 amide bonds. The quantitative estimate of drug-likeness (QED) is 0.577. The first-order chi connectivity index (χ1) is 5.29. The van der Waals surface area contributed by atoms with Gasteiger partial charge in [-0.15, -0.1) is 0 Å². The predicted molar refractivity (Wildman–Crippen MR) is 38.7 cm³/mol. The third-order valence-corrected chi connectivity index (χ3v) is 1.63. The van der Waals surface area contributed by atoms with Crippen LogP contribution >= 0.6 is 0 Å². The van der Waals surface area contributed by atoms with Crippen LogP contribution in [0.3, 0.4) is 0 Å². The van der Waals surface area contributed by atoms with Crippen LogP contribution in [0.2, 0.25) is 0 Å². The van der Waals surface area contributed by atoms with Crippen molar-refractivity contribution in [1.82, 2.24) is 4.98 Å². The maximum absolute atomic E-state index is 12.9. The van der Waals surface area contributed by atoms with Crippen molar-refractivity contribution in [2.45, 2.75) is 6.92 Å². The van der Waals surface area contributed by atoms with Gasteiger partial charge in [-0.25, -0.2) is 9.37 Å². The Morgan fingerprint density at radius 1 is 1.45 bits per heavy atom. The molecule has 0 bridgehead atoms.